The Morgan fingerprint density at radius 3 is 2.21 bits per heavy atom. The second kappa shape index (κ2) is 4.32. The van der Waals surface area contributed by atoms with Crippen molar-refractivity contribution in [3.8, 4) is 0 Å². The van der Waals surface area contributed by atoms with Crippen molar-refractivity contribution in [3.05, 3.63) is 35.9 Å². The molecule has 0 aromatic heterocycles. The van der Waals surface area contributed by atoms with Crippen LogP contribution in [0.25, 0.3) is 0 Å². The lowest BCUT2D eigenvalue weighted by atomic mass is 10.1. The normalized spacial score (nSPS) is 11.1. The number of rotatable bonds is 3. The molecule has 0 saturated carbocycles. The minimum atomic E-state index is -0.569. The molecular weight excluding hydrogens is 182 g/mol. The topological polar surface area (TPSA) is 66.7 Å². The first-order valence-corrected chi connectivity index (χ1v) is 3.99. The largest absolute Gasteiger partial charge is 0.410 e. The molecule has 0 aliphatic carbocycles. The summed E-state index contributed by atoms with van der Waals surface area (Å²) < 4.78 is 0. The summed E-state index contributed by atoms with van der Waals surface area (Å²) in [5, 5.41) is 11.2. The third-order valence-electron chi connectivity index (χ3n) is 1.68. The summed E-state index contributed by atoms with van der Waals surface area (Å²) in [6.07, 6.45) is 0. The zero-order chi connectivity index (χ0) is 10.6. The molecule has 0 aliphatic rings. The molecule has 1 N–H and O–H groups in total. The van der Waals surface area contributed by atoms with Crippen LogP contribution in [0.4, 0.5) is 0 Å². The van der Waals surface area contributed by atoms with Crippen molar-refractivity contribution >= 4 is 17.3 Å². The Hall–Kier alpha value is -1.97. The van der Waals surface area contributed by atoms with Crippen LogP contribution in [0.1, 0.15) is 17.3 Å². The molecule has 0 heterocycles. The lowest BCUT2D eigenvalue weighted by Crippen LogP contribution is -2.21. The van der Waals surface area contributed by atoms with E-state index in [-0.39, 0.29) is 0 Å². The molecule has 1 rings (SSSR count). The molecule has 1 aromatic carbocycles. The predicted octanol–water partition coefficient (Wildman–Crippen LogP) is 1.29. The van der Waals surface area contributed by atoms with Gasteiger partial charge < -0.3 is 5.21 Å². The maximum atomic E-state index is 11.5. The van der Waals surface area contributed by atoms with Crippen molar-refractivity contribution in [2.45, 2.75) is 6.92 Å². The number of benzene rings is 1. The highest BCUT2D eigenvalue weighted by molar-refractivity contribution is 6.68. The van der Waals surface area contributed by atoms with Crippen molar-refractivity contribution < 1.29 is 14.8 Å². The van der Waals surface area contributed by atoms with Gasteiger partial charge in [-0.05, 0) is 0 Å². The summed E-state index contributed by atoms with van der Waals surface area (Å²) >= 11 is 0. The van der Waals surface area contributed by atoms with Crippen LogP contribution in [-0.2, 0) is 4.79 Å². The van der Waals surface area contributed by atoms with Gasteiger partial charge in [-0.2, -0.15) is 0 Å². The number of carbonyl (C=O) groups excluding carboxylic acids is 2. The quantitative estimate of drug-likeness (QED) is 0.257. The van der Waals surface area contributed by atoms with Crippen LogP contribution < -0.4 is 0 Å². The van der Waals surface area contributed by atoms with Crippen LogP contribution in [0.2, 0.25) is 0 Å². The molecule has 0 aliphatic heterocycles. The molecule has 0 bridgehead atoms. The van der Waals surface area contributed by atoms with Gasteiger partial charge in [0.1, 0.15) is 0 Å². The van der Waals surface area contributed by atoms with Crippen LogP contribution in [0.5, 0.6) is 0 Å². The zero-order valence-electron chi connectivity index (χ0n) is 7.60. The van der Waals surface area contributed by atoms with Gasteiger partial charge in [-0.15, -0.1) is 0 Å². The fraction of sp³-hybridized carbons (Fsp3) is 0.100. The minimum absolute atomic E-state index is 0.329. The van der Waals surface area contributed by atoms with E-state index in [2.05, 4.69) is 5.16 Å². The highest BCUT2D eigenvalue weighted by Crippen LogP contribution is 2.02. The smallest absolute Gasteiger partial charge is 0.218 e. The zero-order valence-corrected chi connectivity index (χ0v) is 7.60. The molecule has 0 unspecified atom stereocenters. The average molecular weight is 191 g/mol. The fourth-order valence-electron chi connectivity index (χ4n) is 1.00. The molecule has 0 amide bonds. The number of oxime groups is 1. The Morgan fingerprint density at radius 1 is 1.21 bits per heavy atom. The second-order valence-corrected chi connectivity index (χ2v) is 2.70. The number of nitrogens with zero attached hydrogens (tertiary/aromatic N) is 1. The Labute approximate surface area is 80.9 Å². The van der Waals surface area contributed by atoms with E-state index >= 15 is 0 Å². The van der Waals surface area contributed by atoms with E-state index in [1.165, 1.54) is 6.92 Å². The van der Waals surface area contributed by atoms with E-state index in [0.29, 0.717) is 5.56 Å². The molecule has 0 fully saturated rings. The van der Waals surface area contributed by atoms with Crippen LogP contribution in [0, 0.1) is 0 Å². The third-order valence-corrected chi connectivity index (χ3v) is 1.68. The molecule has 72 valence electrons. The first kappa shape index (κ1) is 10.1. The maximum absolute atomic E-state index is 11.5. The maximum Gasteiger partial charge on any atom is 0.218 e. The van der Waals surface area contributed by atoms with Crippen LogP contribution in [-0.4, -0.2) is 22.5 Å². The Morgan fingerprint density at radius 2 is 1.79 bits per heavy atom. The first-order valence-electron chi connectivity index (χ1n) is 3.99. The van der Waals surface area contributed by atoms with Crippen molar-refractivity contribution in [3.63, 3.8) is 0 Å². The van der Waals surface area contributed by atoms with Crippen molar-refractivity contribution in [1.82, 2.24) is 0 Å². The number of hydrogen-bond acceptors (Lipinski definition) is 4. The average Bonchev–Trinajstić information content (AvgIpc) is 2.19. The van der Waals surface area contributed by atoms with Gasteiger partial charge in [0.25, 0.3) is 0 Å². The number of hydrogen-bond donors (Lipinski definition) is 1. The summed E-state index contributed by atoms with van der Waals surface area (Å²) in [5.74, 6) is -1.12. The minimum Gasteiger partial charge on any atom is -0.410 e. The van der Waals surface area contributed by atoms with Crippen molar-refractivity contribution in [1.29, 1.82) is 0 Å². The Bertz CT molecular complexity index is 382. The standard InChI is InChI=1S/C10H9NO3/c1-7(12)9(11-14)10(13)8-5-3-2-4-6-8/h2-6,14H,1H3. The molecular formula is C10H9NO3. The summed E-state index contributed by atoms with van der Waals surface area (Å²) in [4.78, 5) is 22.4. The molecule has 1 aromatic rings. The molecule has 14 heavy (non-hydrogen) atoms. The Kier molecular flexibility index (Phi) is 3.12. The van der Waals surface area contributed by atoms with Gasteiger partial charge in [0.15, 0.2) is 11.5 Å². The monoisotopic (exact) mass is 191 g/mol. The van der Waals surface area contributed by atoms with E-state index in [1.807, 2.05) is 0 Å². The fourth-order valence-corrected chi connectivity index (χ4v) is 1.00. The van der Waals surface area contributed by atoms with Gasteiger partial charge in [-0.25, -0.2) is 0 Å². The number of carbonyl (C=O) groups is 2. The summed E-state index contributed by atoms with van der Waals surface area (Å²) in [5.41, 5.74) is -0.119. The molecule has 4 heteroatoms. The molecule has 0 radical (unpaired) electrons. The van der Waals surface area contributed by atoms with E-state index in [1.54, 1.807) is 30.3 Å². The van der Waals surface area contributed by atoms with Crippen molar-refractivity contribution in [2.24, 2.45) is 5.16 Å². The first-order chi connectivity index (χ1) is 6.66. The SMILES string of the molecule is CC(=O)C(=NO)C(=O)c1ccccc1. The Balaban J connectivity index is 3.02. The van der Waals surface area contributed by atoms with Gasteiger partial charge >= 0.3 is 0 Å². The molecule has 0 saturated heterocycles. The van der Waals surface area contributed by atoms with Gasteiger partial charge in [-0.1, -0.05) is 35.5 Å². The van der Waals surface area contributed by atoms with Crippen LogP contribution >= 0.6 is 0 Å². The number of ketones is 2. The van der Waals surface area contributed by atoms with Crippen molar-refractivity contribution in [2.75, 3.05) is 0 Å². The van der Waals surface area contributed by atoms with Gasteiger partial charge in [0.05, 0.1) is 0 Å². The summed E-state index contributed by atoms with van der Waals surface area (Å²) in [7, 11) is 0. The lowest BCUT2D eigenvalue weighted by molar-refractivity contribution is -0.111. The van der Waals surface area contributed by atoms with E-state index in [0.717, 1.165) is 0 Å². The predicted molar refractivity (Wildman–Crippen MR) is 50.7 cm³/mol. The lowest BCUT2D eigenvalue weighted by Gasteiger charge is -1.98. The highest BCUT2D eigenvalue weighted by atomic mass is 16.4. The second-order valence-electron chi connectivity index (χ2n) is 2.70. The molecule has 4 nitrogen and oxygen atoms in total. The van der Waals surface area contributed by atoms with Crippen LogP contribution in [0.3, 0.4) is 0 Å². The molecule has 0 spiro atoms. The van der Waals surface area contributed by atoms with E-state index in [4.69, 9.17) is 5.21 Å². The van der Waals surface area contributed by atoms with Gasteiger partial charge in [0, 0.05) is 12.5 Å². The van der Waals surface area contributed by atoms with Crippen LogP contribution in [0.15, 0.2) is 35.5 Å². The third kappa shape index (κ3) is 2.04. The number of Topliss-reactive ketones (excluding diaryl/α,β-unsaturated/α-hetero) is 2. The van der Waals surface area contributed by atoms with E-state index in [9.17, 15) is 9.59 Å². The van der Waals surface area contributed by atoms with Gasteiger partial charge in [-0.3, -0.25) is 9.59 Å². The molecule has 0 atom stereocenters. The highest BCUT2D eigenvalue weighted by Gasteiger charge is 2.18. The van der Waals surface area contributed by atoms with E-state index < -0.39 is 17.3 Å². The summed E-state index contributed by atoms with van der Waals surface area (Å²) in [6.45, 7) is 1.18. The summed E-state index contributed by atoms with van der Waals surface area (Å²) in [6, 6.07) is 8.19. The van der Waals surface area contributed by atoms with Gasteiger partial charge in [0.2, 0.25) is 5.78 Å².